The van der Waals surface area contributed by atoms with Crippen molar-refractivity contribution in [2.24, 2.45) is 0 Å². The molecule has 1 heterocycles. The number of hydrogen-bond acceptors (Lipinski definition) is 3. The van der Waals surface area contributed by atoms with Gasteiger partial charge in [-0.05, 0) is 12.5 Å². The Bertz CT molecular complexity index is 278. The minimum Gasteiger partial charge on any atom is -0.313 e. The van der Waals surface area contributed by atoms with Crippen molar-refractivity contribution in [3.63, 3.8) is 0 Å². The van der Waals surface area contributed by atoms with Crippen LogP contribution in [0, 0.1) is 0 Å². The highest BCUT2D eigenvalue weighted by molar-refractivity contribution is 7.41. The molecule has 1 saturated heterocycles. The van der Waals surface area contributed by atoms with E-state index in [9.17, 15) is 0 Å². The Labute approximate surface area is 85.0 Å². The molecule has 2 rings (SSSR count). The highest BCUT2D eigenvalue weighted by Crippen LogP contribution is 2.50. The molecule has 0 aromatic heterocycles. The molecule has 2 atom stereocenters. The van der Waals surface area contributed by atoms with Crippen molar-refractivity contribution in [3.8, 4) is 0 Å². The van der Waals surface area contributed by atoms with E-state index in [-0.39, 0.29) is 6.10 Å². The van der Waals surface area contributed by atoms with Crippen molar-refractivity contribution in [1.29, 1.82) is 0 Å². The van der Waals surface area contributed by atoms with Crippen LogP contribution in [0.15, 0.2) is 30.3 Å². The van der Waals surface area contributed by atoms with E-state index in [1.165, 1.54) is 0 Å². The first kappa shape index (κ1) is 10.1. The number of benzene rings is 1. The summed E-state index contributed by atoms with van der Waals surface area (Å²) < 4.78 is 16.3. The third-order valence-corrected chi connectivity index (χ3v) is 3.21. The van der Waals surface area contributed by atoms with Gasteiger partial charge in [0.1, 0.15) is 6.10 Å². The van der Waals surface area contributed by atoms with Crippen LogP contribution in [0.25, 0.3) is 0 Å². The SMILES string of the molecule is CCOP1OCC(c2ccccc2)O1. The van der Waals surface area contributed by atoms with Crippen LogP contribution in [0.3, 0.4) is 0 Å². The summed E-state index contributed by atoms with van der Waals surface area (Å²) in [5, 5.41) is 0. The van der Waals surface area contributed by atoms with Gasteiger partial charge in [-0.25, -0.2) is 0 Å². The predicted octanol–water partition coefficient (Wildman–Crippen LogP) is 3.04. The zero-order chi connectivity index (χ0) is 9.80. The molecule has 4 heteroatoms. The summed E-state index contributed by atoms with van der Waals surface area (Å²) in [6.45, 7) is 3.16. The Morgan fingerprint density at radius 3 is 2.93 bits per heavy atom. The molecule has 3 nitrogen and oxygen atoms in total. The van der Waals surface area contributed by atoms with Crippen LogP contribution in [0.1, 0.15) is 18.6 Å². The molecular formula is C10H13O3P. The summed E-state index contributed by atoms with van der Waals surface area (Å²) in [6.07, 6.45) is 0.0360. The highest BCUT2D eigenvalue weighted by Gasteiger charge is 2.29. The third kappa shape index (κ3) is 2.31. The fourth-order valence-electron chi connectivity index (χ4n) is 1.29. The quantitative estimate of drug-likeness (QED) is 0.721. The van der Waals surface area contributed by atoms with Gasteiger partial charge < -0.3 is 13.6 Å². The van der Waals surface area contributed by atoms with Crippen LogP contribution in [-0.4, -0.2) is 13.2 Å². The van der Waals surface area contributed by atoms with Gasteiger partial charge in [0.05, 0.1) is 13.2 Å². The third-order valence-electron chi connectivity index (χ3n) is 1.95. The van der Waals surface area contributed by atoms with Crippen molar-refractivity contribution < 1.29 is 13.6 Å². The van der Waals surface area contributed by atoms with Gasteiger partial charge in [0.2, 0.25) is 0 Å². The average Bonchev–Trinajstić information content (AvgIpc) is 2.68. The van der Waals surface area contributed by atoms with Crippen molar-refractivity contribution in [2.45, 2.75) is 13.0 Å². The first-order valence-corrected chi connectivity index (χ1v) is 5.77. The van der Waals surface area contributed by atoms with Gasteiger partial charge >= 0.3 is 8.60 Å². The molecule has 14 heavy (non-hydrogen) atoms. The molecule has 0 bridgehead atoms. The van der Waals surface area contributed by atoms with E-state index in [2.05, 4.69) is 0 Å². The summed E-state index contributed by atoms with van der Waals surface area (Å²) in [4.78, 5) is 0. The summed E-state index contributed by atoms with van der Waals surface area (Å²) in [5.74, 6) is 0. The first-order chi connectivity index (χ1) is 6.90. The van der Waals surface area contributed by atoms with Crippen molar-refractivity contribution in [3.05, 3.63) is 35.9 Å². The van der Waals surface area contributed by atoms with Gasteiger partial charge in [0.25, 0.3) is 0 Å². The molecule has 1 aromatic rings. The zero-order valence-corrected chi connectivity index (χ0v) is 8.94. The summed E-state index contributed by atoms with van der Waals surface area (Å²) in [7, 11) is -1.11. The lowest BCUT2D eigenvalue weighted by atomic mass is 10.1. The number of rotatable bonds is 3. The second-order valence-corrected chi connectivity index (χ2v) is 4.12. The van der Waals surface area contributed by atoms with Gasteiger partial charge in [-0.1, -0.05) is 30.3 Å². The van der Waals surface area contributed by atoms with Crippen molar-refractivity contribution in [2.75, 3.05) is 13.2 Å². The van der Waals surface area contributed by atoms with Gasteiger partial charge in [0.15, 0.2) is 0 Å². The smallest absolute Gasteiger partial charge is 0.313 e. The summed E-state index contributed by atoms with van der Waals surface area (Å²) in [5.41, 5.74) is 1.15. The van der Waals surface area contributed by atoms with Crippen molar-refractivity contribution in [1.82, 2.24) is 0 Å². The second-order valence-electron chi connectivity index (χ2n) is 2.94. The van der Waals surface area contributed by atoms with E-state index < -0.39 is 8.60 Å². The fourth-order valence-corrected chi connectivity index (χ4v) is 2.35. The van der Waals surface area contributed by atoms with E-state index in [1.807, 2.05) is 37.3 Å². The van der Waals surface area contributed by atoms with E-state index in [0.29, 0.717) is 13.2 Å². The van der Waals surface area contributed by atoms with E-state index in [1.54, 1.807) is 0 Å². The Balaban J connectivity index is 1.96. The molecule has 76 valence electrons. The molecular weight excluding hydrogens is 199 g/mol. The molecule has 0 spiro atoms. The molecule has 1 fully saturated rings. The molecule has 1 aliphatic heterocycles. The second kappa shape index (κ2) is 4.85. The highest BCUT2D eigenvalue weighted by atomic mass is 31.2. The molecule has 1 aliphatic rings. The molecule has 0 radical (unpaired) electrons. The van der Waals surface area contributed by atoms with Crippen LogP contribution in [-0.2, 0) is 13.6 Å². The maximum absolute atomic E-state index is 5.61. The maximum atomic E-state index is 5.61. The van der Waals surface area contributed by atoms with Crippen molar-refractivity contribution >= 4 is 8.60 Å². The lowest BCUT2D eigenvalue weighted by Crippen LogP contribution is -1.98. The van der Waals surface area contributed by atoms with Crippen LogP contribution >= 0.6 is 8.60 Å². The molecule has 0 saturated carbocycles. The standard InChI is InChI=1S/C10H13O3P/c1-2-11-14-12-8-10(13-14)9-6-4-3-5-7-9/h3-7,10H,2,8H2,1H3. The molecule has 0 N–H and O–H groups in total. The minimum atomic E-state index is -1.11. The largest absolute Gasteiger partial charge is 0.333 e. The van der Waals surface area contributed by atoms with Gasteiger partial charge in [-0.2, -0.15) is 0 Å². The molecule has 2 unspecified atom stereocenters. The Hall–Kier alpha value is -0.470. The maximum Gasteiger partial charge on any atom is 0.333 e. The monoisotopic (exact) mass is 212 g/mol. The number of hydrogen-bond donors (Lipinski definition) is 0. The molecule has 0 amide bonds. The van der Waals surface area contributed by atoms with Crippen LogP contribution in [0.2, 0.25) is 0 Å². The minimum absolute atomic E-state index is 0.0360. The summed E-state index contributed by atoms with van der Waals surface area (Å²) in [6, 6.07) is 10.1. The van der Waals surface area contributed by atoms with E-state index >= 15 is 0 Å². The van der Waals surface area contributed by atoms with E-state index in [4.69, 9.17) is 13.6 Å². The van der Waals surface area contributed by atoms with Crippen LogP contribution < -0.4 is 0 Å². The summed E-state index contributed by atoms with van der Waals surface area (Å²) >= 11 is 0. The predicted molar refractivity (Wildman–Crippen MR) is 54.8 cm³/mol. The topological polar surface area (TPSA) is 27.7 Å². The van der Waals surface area contributed by atoms with Gasteiger partial charge in [-0.3, -0.25) is 0 Å². The first-order valence-electron chi connectivity index (χ1n) is 4.68. The van der Waals surface area contributed by atoms with Gasteiger partial charge in [-0.15, -0.1) is 0 Å². The molecule has 1 aromatic carbocycles. The van der Waals surface area contributed by atoms with Gasteiger partial charge in [0, 0.05) is 0 Å². The zero-order valence-electron chi connectivity index (χ0n) is 8.05. The Kier molecular flexibility index (Phi) is 3.49. The lowest BCUT2D eigenvalue weighted by Gasteiger charge is -2.08. The van der Waals surface area contributed by atoms with Crippen LogP contribution in [0.4, 0.5) is 0 Å². The Morgan fingerprint density at radius 1 is 1.43 bits per heavy atom. The van der Waals surface area contributed by atoms with E-state index in [0.717, 1.165) is 5.56 Å². The average molecular weight is 212 g/mol. The molecule has 0 aliphatic carbocycles. The lowest BCUT2D eigenvalue weighted by molar-refractivity contribution is 0.222. The fraction of sp³-hybridized carbons (Fsp3) is 0.400. The Morgan fingerprint density at radius 2 is 2.21 bits per heavy atom. The normalized spacial score (nSPS) is 26.6. The van der Waals surface area contributed by atoms with Crippen LogP contribution in [0.5, 0.6) is 0 Å².